The van der Waals surface area contributed by atoms with Crippen molar-refractivity contribution >= 4 is 15.9 Å². The van der Waals surface area contributed by atoms with Gasteiger partial charge in [0, 0.05) is 31.7 Å². The van der Waals surface area contributed by atoms with Crippen LogP contribution >= 0.6 is 0 Å². The van der Waals surface area contributed by atoms with Gasteiger partial charge in [0.05, 0.1) is 7.11 Å². The maximum Gasteiger partial charge on any atom is 0.251 e. The largest absolute Gasteiger partial charge is 0.495 e. The second-order valence-electron chi connectivity index (χ2n) is 7.24. The lowest BCUT2D eigenvalue weighted by molar-refractivity contribution is 0.0953. The molecule has 2 N–H and O–H groups in total. The predicted octanol–water partition coefficient (Wildman–Crippen LogP) is 1.70. The smallest absolute Gasteiger partial charge is 0.251 e. The second kappa shape index (κ2) is 9.52. The number of hydrogen-bond acceptors (Lipinski definition) is 5. The molecule has 2 atom stereocenters. The van der Waals surface area contributed by atoms with Crippen LogP contribution in [0.2, 0.25) is 0 Å². The van der Waals surface area contributed by atoms with Crippen molar-refractivity contribution in [2.75, 3.05) is 39.8 Å². The summed E-state index contributed by atoms with van der Waals surface area (Å²) in [6.45, 7) is 9.03. The molecule has 0 radical (unpaired) electrons. The summed E-state index contributed by atoms with van der Waals surface area (Å²) in [5.74, 6) is 0.552. The molecule has 1 heterocycles. The van der Waals surface area contributed by atoms with Crippen molar-refractivity contribution in [1.82, 2.24) is 14.9 Å². The number of nitrogens with zero attached hydrogens (tertiary/aromatic N) is 1. The number of carbonyl (C=O) groups is 1. The van der Waals surface area contributed by atoms with E-state index in [4.69, 9.17) is 4.74 Å². The van der Waals surface area contributed by atoms with Gasteiger partial charge in [-0.05, 0) is 43.0 Å². The topological polar surface area (TPSA) is 87.7 Å². The molecule has 1 aliphatic rings. The van der Waals surface area contributed by atoms with Gasteiger partial charge in [-0.3, -0.25) is 4.79 Å². The molecule has 8 heteroatoms. The van der Waals surface area contributed by atoms with Gasteiger partial charge in [-0.2, -0.15) is 4.31 Å². The highest BCUT2D eigenvalue weighted by molar-refractivity contribution is 7.89. The van der Waals surface area contributed by atoms with Crippen LogP contribution in [-0.4, -0.2) is 58.5 Å². The van der Waals surface area contributed by atoms with Gasteiger partial charge in [0.2, 0.25) is 10.0 Å². The maximum absolute atomic E-state index is 13.2. The summed E-state index contributed by atoms with van der Waals surface area (Å²) in [5.41, 5.74) is 0.309. The van der Waals surface area contributed by atoms with E-state index >= 15 is 0 Å². The monoisotopic (exact) mass is 397 g/mol. The summed E-state index contributed by atoms with van der Waals surface area (Å²) < 4.78 is 33.3. The second-order valence-corrected chi connectivity index (χ2v) is 9.15. The van der Waals surface area contributed by atoms with Crippen LogP contribution in [0.15, 0.2) is 23.1 Å². The molecule has 0 bridgehead atoms. The van der Waals surface area contributed by atoms with E-state index in [1.165, 1.54) is 17.5 Å². The average Bonchev–Trinajstić information content (AvgIpc) is 2.63. The molecule has 0 aromatic heterocycles. The van der Waals surface area contributed by atoms with Gasteiger partial charge in [0.15, 0.2) is 0 Å². The first-order chi connectivity index (χ1) is 12.8. The number of rotatable bonds is 8. The Bertz CT molecular complexity index is 741. The average molecular weight is 398 g/mol. The third kappa shape index (κ3) is 5.43. The molecule has 2 unspecified atom stereocenters. The van der Waals surface area contributed by atoms with Crippen molar-refractivity contribution in [3.8, 4) is 5.75 Å². The molecule has 1 amide bonds. The van der Waals surface area contributed by atoms with Gasteiger partial charge < -0.3 is 15.4 Å². The zero-order chi connectivity index (χ0) is 20.0. The Kier molecular flexibility index (Phi) is 7.64. The Morgan fingerprint density at radius 3 is 2.48 bits per heavy atom. The van der Waals surface area contributed by atoms with E-state index in [0.29, 0.717) is 43.6 Å². The first kappa shape index (κ1) is 21.7. The molecule has 2 rings (SSSR count). The SMILES string of the molecule is CCNCCNC(=O)c1ccc(OC)c(S(=O)(=O)N2CC(C)CC(C)C2)c1. The first-order valence-electron chi connectivity index (χ1n) is 9.46. The quantitative estimate of drug-likeness (QED) is 0.652. The van der Waals surface area contributed by atoms with Crippen molar-refractivity contribution in [2.24, 2.45) is 11.8 Å². The van der Waals surface area contributed by atoms with Gasteiger partial charge in [-0.25, -0.2) is 8.42 Å². The lowest BCUT2D eigenvalue weighted by atomic mass is 9.94. The minimum atomic E-state index is -3.74. The number of nitrogens with one attached hydrogen (secondary N) is 2. The molecule has 1 aromatic rings. The van der Waals surface area contributed by atoms with E-state index in [1.54, 1.807) is 12.1 Å². The number of benzene rings is 1. The lowest BCUT2D eigenvalue weighted by Gasteiger charge is -2.34. The molecule has 1 saturated heterocycles. The third-order valence-electron chi connectivity index (χ3n) is 4.72. The lowest BCUT2D eigenvalue weighted by Crippen LogP contribution is -2.42. The Balaban J connectivity index is 2.27. The first-order valence-corrected chi connectivity index (χ1v) is 10.9. The normalized spacial score (nSPS) is 21.0. The number of amides is 1. The molecule has 0 aliphatic carbocycles. The van der Waals surface area contributed by atoms with Gasteiger partial charge in [0.1, 0.15) is 10.6 Å². The molecule has 27 heavy (non-hydrogen) atoms. The number of hydrogen-bond donors (Lipinski definition) is 2. The summed E-state index contributed by atoms with van der Waals surface area (Å²) in [7, 11) is -2.30. The maximum atomic E-state index is 13.2. The molecule has 7 nitrogen and oxygen atoms in total. The Labute approximate surface area is 162 Å². The number of likely N-dealkylation sites (N-methyl/N-ethyl adjacent to an activating group) is 1. The van der Waals surface area contributed by atoms with Crippen molar-refractivity contribution in [3.63, 3.8) is 0 Å². The summed E-state index contributed by atoms with van der Waals surface area (Å²) >= 11 is 0. The highest BCUT2D eigenvalue weighted by Gasteiger charge is 2.34. The van der Waals surface area contributed by atoms with Crippen LogP contribution in [0.3, 0.4) is 0 Å². The fourth-order valence-corrected chi connectivity index (χ4v) is 5.37. The molecule has 1 aliphatic heterocycles. The number of sulfonamides is 1. The van der Waals surface area contributed by atoms with E-state index in [1.807, 2.05) is 6.92 Å². The fourth-order valence-electron chi connectivity index (χ4n) is 3.50. The number of piperidine rings is 1. The van der Waals surface area contributed by atoms with Gasteiger partial charge in [0.25, 0.3) is 5.91 Å². The van der Waals surface area contributed by atoms with Crippen molar-refractivity contribution < 1.29 is 17.9 Å². The Hall–Kier alpha value is -1.64. The Morgan fingerprint density at radius 1 is 1.22 bits per heavy atom. The molecular weight excluding hydrogens is 366 g/mol. The fraction of sp³-hybridized carbons (Fsp3) is 0.632. The number of ether oxygens (including phenoxy) is 1. The van der Waals surface area contributed by atoms with Crippen LogP contribution in [-0.2, 0) is 10.0 Å². The third-order valence-corrected chi connectivity index (χ3v) is 6.57. The summed E-state index contributed by atoms with van der Waals surface area (Å²) in [6, 6.07) is 4.55. The summed E-state index contributed by atoms with van der Waals surface area (Å²) in [5, 5.41) is 5.92. The van der Waals surface area contributed by atoms with Crippen molar-refractivity contribution in [2.45, 2.75) is 32.1 Å². The van der Waals surface area contributed by atoms with E-state index in [9.17, 15) is 13.2 Å². The molecule has 152 valence electrons. The summed E-state index contributed by atoms with van der Waals surface area (Å²) in [4.78, 5) is 12.4. The molecular formula is C19H31N3O4S. The van der Waals surface area contributed by atoms with Crippen LogP contribution < -0.4 is 15.4 Å². The zero-order valence-electron chi connectivity index (χ0n) is 16.6. The van der Waals surface area contributed by atoms with E-state index < -0.39 is 10.0 Å². The minimum absolute atomic E-state index is 0.0469. The van der Waals surface area contributed by atoms with Crippen molar-refractivity contribution in [3.05, 3.63) is 23.8 Å². The van der Waals surface area contributed by atoms with Crippen LogP contribution in [0.4, 0.5) is 0 Å². The minimum Gasteiger partial charge on any atom is -0.495 e. The molecule has 1 fully saturated rings. The van der Waals surface area contributed by atoms with E-state index in [-0.39, 0.29) is 16.6 Å². The van der Waals surface area contributed by atoms with Crippen LogP contribution in [0, 0.1) is 11.8 Å². The van der Waals surface area contributed by atoms with E-state index in [2.05, 4.69) is 24.5 Å². The molecule has 0 spiro atoms. The van der Waals surface area contributed by atoms with Gasteiger partial charge in [-0.15, -0.1) is 0 Å². The number of methoxy groups -OCH3 is 1. The molecule has 1 aromatic carbocycles. The van der Waals surface area contributed by atoms with Gasteiger partial charge in [-0.1, -0.05) is 20.8 Å². The zero-order valence-corrected chi connectivity index (χ0v) is 17.4. The van der Waals surface area contributed by atoms with E-state index in [0.717, 1.165) is 13.0 Å². The predicted molar refractivity (Wildman–Crippen MR) is 106 cm³/mol. The van der Waals surface area contributed by atoms with Crippen LogP contribution in [0.5, 0.6) is 5.75 Å². The Morgan fingerprint density at radius 2 is 1.89 bits per heavy atom. The standard InChI is InChI=1S/C19H31N3O4S/c1-5-20-8-9-21-19(23)16-6-7-17(26-4)18(11-16)27(24,25)22-12-14(2)10-15(3)13-22/h6-7,11,14-15,20H,5,8-10,12-13H2,1-4H3,(H,21,23). The molecule has 0 saturated carbocycles. The highest BCUT2D eigenvalue weighted by Crippen LogP contribution is 2.32. The number of carbonyl (C=O) groups excluding carboxylic acids is 1. The van der Waals surface area contributed by atoms with Crippen LogP contribution in [0.1, 0.15) is 37.6 Å². The highest BCUT2D eigenvalue weighted by atomic mass is 32.2. The van der Waals surface area contributed by atoms with Crippen LogP contribution in [0.25, 0.3) is 0 Å². The van der Waals surface area contributed by atoms with Crippen molar-refractivity contribution in [1.29, 1.82) is 0 Å². The summed E-state index contributed by atoms with van der Waals surface area (Å²) in [6.07, 6.45) is 1.01. The van der Waals surface area contributed by atoms with Gasteiger partial charge >= 0.3 is 0 Å².